The summed E-state index contributed by atoms with van der Waals surface area (Å²) in [6.07, 6.45) is -4.67. The van der Waals surface area contributed by atoms with Gasteiger partial charge in [-0.25, -0.2) is 0 Å². The summed E-state index contributed by atoms with van der Waals surface area (Å²) >= 11 is 0. The molecule has 0 atom stereocenters. The molecular weight excluding hydrogens is 385 g/mol. The lowest BCUT2D eigenvalue weighted by Gasteiger charge is -2.10. The van der Waals surface area contributed by atoms with Crippen LogP contribution in [-0.4, -0.2) is 16.8 Å². The summed E-state index contributed by atoms with van der Waals surface area (Å²) in [6, 6.07) is 10.9. The minimum absolute atomic E-state index is 0.0286. The van der Waals surface area contributed by atoms with Crippen molar-refractivity contribution < 1.29 is 27.3 Å². The van der Waals surface area contributed by atoms with E-state index in [-0.39, 0.29) is 29.1 Å². The standard InChI is InChI=1S/C21H17F3N2O3/c1-12-6-15(11-17(7-12)25-20(28)19-8-13(2)26-29-19)18(27)10-14-4-3-5-16(9-14)21(22,23)24/h3-9,11H,10H2,1-2H3,(H,25,28). The van der Waals surface area contributed by atoms with E-state index in [0.717, 1.165) is 12.1 Å². The van der Waals surface area contributed by atoms with Gasteiger partial charge in [0.25, 0.3) is 5.91 Å². The molecule has 2 aromatic carbocycles. The average Bonchev–Trinajstić information content (AvgIpc) is 3.07. The molecule has 150 valence electrons. The number of hydrogen-bond acceptors (Lipinski definition) is 4. The highest BCUT2D eigenvalue weighted by Gasteiger charge is 2.30. The Balaban J connectivity index is 1.78. The van der Waals surface area contributed by atoms with Crippen LogP contribution in [0.2, 0.25) is 0 Å². The number of carbonyl (C=O) groups excluding carboxylic acids is 2. The Bertz CT molecular complexity index is 1070. The third-order valence-corrected chi connectivity index (χ3v) is 4.13. The van der Waals surface area contributed by atoms with Crippen LogP contribution in [0, 0.1) is 13.8 Å². The number of anilines is 1. The van der Waals surface area contributed by atoms with Gasteiger partial charge in [-0.15, -0.1) is 0 Å². The Kier molecular flexibility index (Phi) is 5.54. The summed E-state index contributed by atoms with van der Waals surface area (Å²) < 4.78 is 43.5. The minimum Gasteiger partial charge on any atom is -0.351 e. The Morgan fingerprint density at radius 3 is 2.48 bits per heavy atom. The highest BCUT2D eigenvalue weighted by atomic mass is 19.4. The zero-order valence-electron chi connectivity index (χ0n) is 15.6. The van der Waals surface area contributed by atoms with Gasteiger partial charge in [0.2, 0.25) is 5.76 Å². The van der Waals surface area contributed by atoms with Gasteiger partial charge in [-0.2, -0.15) is 13.2 Å². The van der Waals surface area contributed by atoms with Gasteiger partial charge in [0.15, 0.2) is 5.78 Å². The number of nitrogens with one attached hydrogen (secondary N) is 1. The number of aryl methyl sites for hydroxylation is 2. The predicted octanol–water partition coefficient (Wildman–Crippen LogP) is 4.99. The molecule has 29 heavy (non-hydrogen) atoms. The average molecular weight is 402 g/mol. The SMILES string of the molecule is Cc1cc(NC(=O)c2cc(C)no2)cc(C(=O)Cc2cccc(C(F)(F)F)c2)c1. The number of amides is 1. The van der Waals surface area contributed by atoms with E-state index < -0.39 is 17.6 Å². The maximum Gasteiger partial charge on any atom is 0.416 e. The molecule has 1 aromatic heterocycles. The summed E-state index contributed by atoms with van der Waals surface area (Å²) in [6.45, 7) is 3.42. The second kappa shape index (κ2) is 7.90. The molecule has 0 spiro atoms. The topological polar surface area (TPSA) is 72.2 Å². The van der Waals surface area contributed by atoms with Crippen molar-refractivity contribution in [3.63, 3.8) is 0 Å². The van der Waals surface area contributed by atoms with Crippen LogP contribution in [0.25, 0.3) is 0 Å². The molecule has 8 heteroatoms. The van der Waals surface area contributed by atoms with Crippen molar-refractivity contribution in [2.24, 2.45) is 0 Å². The molecule has 0 aliphatic heterocycles. The highest BCUT2D eigenvalue weighted by molar-refractivity contribution is 6.04. The van der Waals surface area contributed by atoms with Gasteiger partial charge in [0.05, 0.1) is 11.3 Å². The molecule has 0 unspecified atom stereocenters. The van der Waals surface area contributed by atoms with Crippen LogP contribution >= 0.6 is 0 Å². The second-order valence-corrected chi connectivity index (χ2v) is 6.67. The van der Waals surface area contributed by atoms with Crippen molar-refractivity contribution >= 4 is 17.4 Å². The molecule has 0 saturated heterocycles. The third-order valence-electron chi connectivity index (χ3n) is 4.13. The van der Waals surface area contributed by atoms with Gasteiger partial charge < -0.3 is 9.84 Å². The fourth-order valence-electron chi connectivity index (χ4n) is 2.82. The molecular formula is C21H17F3N2O3. The third kappa shape index (κ3) is 5.10. The maximum atomic E-state index is 12.9. The molecule has 0 bridgehead atoms. The normalized spacial score (nSPS) is 11.3. The molecule has 1 heterocycles. The molecule has 3 rings (SSSR count). The summed E-state index contributed by atoms with van der Waals surface area (Å²) in [4.78, 5) is 24.8. The summed E-state index contributed by atoms with van der Waals surface area (Å²) in [5, 5.41) is 6.27. The fourth-order valence-corrected chi connectivity index (χ4v) is 2.82. The monoisotopic (exact) mass is 402 g/mol. The Morgan fingerprint density at radius 2 is 1.83 bits per heavy atom. The van der Waals surface area contributed by atoms with Gasteiger partial charge >= 0.3 is 6.18 Å². The number of nitrogens with zero attached hydrogens (tertiary/aromatic N) is 1. The fraction of sp³-hybridized carbons (Fsp3) is 0.190. The zero-order valence-corrected chi connectivity index (χ0v) is 15.6. The van der Waals surface area contributed by atoms with Crippen LogP contribution in [0.3, 0.4) is 0 Å². The van der Waals surface area contributed by atoms with Crippen molar-refractivity contribution in [2.45, 2.75) is 26.4 Å². The first-order valence-corrected chi connectivity index (χ1v) is 8.67. The lowest BCUT2D eigenvalue weighted by atomic mass is 9.99. The van der Waals surface area contributed by atoms with Gasteiger partial charge in [-0.3, -0.25) is 9.59 Å². The molecule has 0 aliphatic rings. The van der Waals surface area contributed by atoms with Crippen molar-refractivity contribution in [3.8, 4) is 0 Å². The number of rotatable bonds is 5. The smallest absolute Gasteiger partial charge is 0.351 e. The quantitative estimate of drug-likeness (QED) is 0.611. The number of hydrogen-bond donors (Lipinski definition) is 1. The lowest BCUT2D eigenvalue weighted by molar-refractivity contribution is -0.137. The molecule has 5 nitrogen and oxygen atoms in total. The van der Waals surface area contributed by atoms with Crippen molar-refractivity contribution in [2.75, 3.05) is 5.32 Å². The highest BCUT2D eigenvalue weighted by Crippen LogP contribution is 2.30. The van der Waals surface area contributed by atoms with E-state index >= 15 is 0 Å². The molecule has 1 amide bonds. The van der Waals surface area contributed by atoms with E-state index in [1.807, 2.05) is 0 Å². The van der Waals surface area contributed by atoms with Crippen LogP contribution in [0.15, 0.2) is 53.1 Å². The molecule has 1 N–H and O–H groups in total. The van der Waals surface area contributed by atoms with E-state index in [9.17, 15) is 22.8 Å². The maximum absolute atomic E-state index is 12.9. The number of halogens is 3. The zero-order chi connectivity index (χ0) is 21.2. The van der Waals surface area contributed by atoms with E-state index in [0.29, 0.717) is 16.9 Å². The van der Waals surface area contributed by atoms with Crippen LogP contribution in [-0.2, 0) is 12.6 Å². The number of alkyl halides is 3. The van der Waals surface area contributed by atoms with Crippen LogP contribution < -0.4 is 5.32 Å². The first-order valence-electron chi connectivity index (χ1n) is 8.67. The van der Waals surface area contributed by atoms with Crippen molar-refractivity contribution in [3.05, 3.63) is 82.2 Å². The van der Waals surface area contributed by atoms with Gasteiger partial charge in [-0.05, 0) is 49.2 Å². The Labute approximate surface area is 164 Å². The minimum atomic E-state index is -4.47. The first kappa shape index (κ1) is 20.3. The van der Waals surface area contributed by atoms with E-state index in [2.05, 4.69) is 10.5 Å². The largest absolute Gasteiger partial charge is 0.416 e. The number of aromatic nitrogens is 1. The molecule has 0 aliphatic carbocycles. The Hall–Kier alpha value is -3.42. The second-order valence-electron chi connectivity index (χ2n) is 6.67. The number of Topliss-reactive ketones (excluding diaryl/α,β-unsaturated/α-hetero) is 1. The van der Waals surface area contributed by atoms with Crippen molar-refractivity contribution in [1.29, 1.82) is 0 Å². The molecule has 3 aromatic rings. The van der Waals surface area contributed by atoms with E-state index in [4.69, 9.17) is 4.52 Å². The lowest BCUT2D eigenvalue weighted by Crippen LogP contribution is -2.12. The number of carbonyl (C=O) groups is 2. The van der Waals surface area contributed by atoms with Gasteiger partial charge in [0.1, 0.15) is 0 Å². The van der Waals surface area contributed by atoms with Gasteiger partial charge in [0, 0.05) is 23.7 Å². The molecule has 0 fully saturated rings. The van der Waals surface area contributed by atoms with Crippen LogP contribution in [0.5, 0.6) is 0 Å². The summed E-state index contributed by atoms with van der Waals surface area (Å²) in [5.41, 5.74) is 1.37. The molecule has 0 radical (unpaired) electrons. The first-order chi connectivity index (χ1) is 13.6. The number of ketones is 1. The van der Waals surface area contributed by atoms with Crippen LogP contribution in [0.4, 0.5) is 18.9 Å². The van der Waals surface area contributed by atoms with E-state index in [1.54, 1.807) is 26.0 Å². The predicted molar refractivity (Wildman–Crippen MR) is 99.9 cm³/mol. The Morgan fingerprint density at radius 1 is 1.07 bits per heavy atom. The summed E-state index contributed by atoms with van der Waals surface area (Å²) in [5.74, 6) is -0.854. The molecule has 0 saturated carbocycles. The van der Waals surface area contributed by atoms with Crippen LogP contribution in [0.1, 0.15) is 43.3 Å². The van der Waals surface area contributed by atoms with Crippen molar-refractivity contribution in [1.82, 2.24) is 5.16 Å². The van der Waals surface area contributed by atoms with E-state index in [1.165, 1.54) is 24.3 Å². The van der Waals surface area contributed by atoms with Gasteiger partial charge in [-0.1, -0.05) is 23.4 Å². The summed E-state index contributed by atoms with van der Waals surface area (Å²) in [7, 11) is 0. The number of benzene rings is 2.